The van der Waals surface area contributed by atoms with Gasteiger partial charge in [0.05, 0.1) is 5.69 Å². The Hall–Kier alpha value is -2.92. The fourth-order valence-electron chi connectivity index (χ4n) is 3.92. The van der Waals surface area contributed by atoms with E-state index < -0.39 is 0 Å². The van der Waals surface area contributed by atoms with E-state index in [2.05, 4.69) is 33.5 Å². The van der Waals surface area contributed by atoms with E-state index in [0.29, 0.717) is 12.2 Å². The summed E-state index contributed by atoms with van der Waals surface area (Å²) in [5, 5.41) is 7.56. The van der Waals surface area contributed by atoms with E-state index in [1.807, 2.05) is 49.4 Å². The van der Waals surface area contributed by atoms with E-state index >= 15 is 0 Å². The van der Waals surface area contributed by atoms with Gasteiger partial charge < -0.3 is 5.32 Å². The third kappa shape index (κ3) is 4.74. The lowest BCUT2D eigenvalue weighted by atomic mass is 10.0. The van der Waals surface area contributed by atoms with Crippen LogP contribution in [0.1, 0.15) is 46.6 Å². The smallest absolute Gasteiger partial charge is 0.272 e. The van der Waals surface area contributed by atoms with Gasteiger partial charge in [-0.25, -0.2) is 4.68 Å². The number of piperidine rings is 1. The molecular weight excluding hydrogens is 360 g/mol. The number of likely N-dealkylation sites (tertiary alicyclic amines) is 1. The molecule has 0 saturated carbocycles. The highest BCUT2D eigenvalue weighted by Crippen LogP contribution is 2.17. The molecule has 2 aromatic carbocycles. The molecule has 150 valence electrons. The van der Waals surface area contributed by atoms with Crippen molar-refractivity contribution in [3.8, 4) is 5.69 Å². The average molecular weight is 389 g/mol. The summed E-state index contributed by atoms with van der Waals surface area (Å²) in [5.41, 5.74) is 4.80. The fraction of sp³-hybridized carbons (Fsp3) is 0.333. The zero-order valence-electron chi connectivity index (χ0n) is 17.0. The second kappa shape index (κ2) is 9.05. The molecule has 1 fully saturated rings. The third-order valence-electron chi connectivity index (χ3n) is 5.52. The first-order chi connectivity index (χ1) is 14.2. The lowest BCUT2D eigenvalue weighted by Crippen LogP contribution is -2.30. The van der Waals surface area contributed by atoms with E-state index in [9.17, 15) is 4.79 Å². The number of nitrogens with one attached hydrogen (secondary N) is 1. The number of nitrogens with zero attached hydrogens (tertiary/aromatic N) is 3. The zero-order valence-corrected chi connectivity index (χ0v) is 17.0. The molecule has 0 unspecified atom stereocenters. The Balaban J connectivity index is 1.43. The Kier molecular flexibility index (Phi) is 6.06. The number of aryl methyl sites for hydroxylation is 1. The highest BCUT2D eigenvalue weighted by Gasteiger charge is 2.15. The number of hydrogen-bond acceptors (Lipinski definition) is 3. The Morgan fingerprint density at radius 2 is 1.66 bits per heavy atom. The number of benzene rings is 2. The summed E-state index contributed by atoms with van der Waals surface area (Å²) in [4.78, 5) is 15.2. The minimum atomic E-state index is -0.143. The number of rotatable bonds is 6. The van der Waals surface area contributed by atoms with Crippen molar-refractivity contribution >= 4 is 5.91 Å². The monoisotopic (exact) mass is 388 g/mol. The lowest BCUT2D eigenvalue weighted by Gasteiger charge is -2.27. The van der Waals surface area contributed by atoms with Gasteiger partial charge in [0.1, 0.15) is 0 Å². The summed E-state index contributed by atoms with van der Waals surface area (Å²) in [6.45, 7) is 5.76. The second-order valence-electron chi connectivity index (χ2n) is 7.71. The van der Waals surface area contributed by atoms with Gasteiger partial charge in [0, 0.05) is 18.8 Å². The summed E-state index contributed by atoms with van der Waals surface area (Å²) in [6, 6.07) is 20.1. The van der Waals surface area contributed by atoms with E-state index in [1.54, 1.807) is 4.68 Å². The number of amides is 1. The van der Waals surface area contributed by atoms with Crippen LogP contribution in [0.4, 0.5) is 0 Å². The minimum Gasteiger partial charge on any atom is -0.347 e. The van der Waals surface area contributed by atoms with Gasteiger partial charge in [0.2, 0.25) is 0 Å². The number of aromatic nitrogens is 2. The SMILES string of the molecule is Cc1cc(C(=O)NCc2ccccc2CN2CCCCC2)nn1-c1ccccc1. The van der Waals surface area contributed by atoms with Crippen molar-refractivity contribution in [2.24, 2.45) is 0 Å². The molecule has 1 saturated heterocycles. The molecule has 5 heteroatoms. The van der Waals surface area contributed by atoms with E-state index in [4.69, 9.17) is 0 Å². The highest BCUT2D eigenvalue weighted by atomic mass is 16.1. The standard InChI is InChI=1S/C24H28N4O/c1-19-16-23(26-28(19)22-12-4-2-5-13-22)24(29)25-17-20-10-6-7-11-21(20)18-27-14-8-3-9-15-27/h2,4-7,10-13,16H,3,8-9,14-15,17-18H2,1H3,(H,25,29). The largest absolute Gasteiger partial charge is 0.347 e. The molecular formula is C24H28N4O. The maximum atomic E-state index is 12.7. The predicted octanol–water partition coefficient (Wildman–Crippen LogP) is 4.10. The molecule has 1 aliphatic heterocycles. The molecule has 1 amide bonds. The minimum absolute atomic E-state index is 0.143. The van der Waals surface area contributed by atoms with E-state index in [1.165, 1.54) is 30.4 Å². The van der Waals surface area contributed by atoms with Crippen LogP contribution in [0.2, 0.25) is 0 Å². The van der Waals surface area contributed by atoms with Crippen LogP contribution >= 0.6 is 0 Å². The van der Waals surface area contributed by atoms with Crippen LogP contribution in [0.3, 0.4) is 0 Å². The van der Waals surface area contributed by atoms with Crippen molar-refractivity contribution in [2.75, 3.05) is 13.1 Å². The lowest BCUT2D eigenvalue weighted by molar-refractivity contribution is 0.0945. The quantitative estimate of drug-likeness (QED) is 0.692. The molecule has 29 heavy (non-hydrogen) atoms. The molecule has 0 aliphatic carbocycles. The summed E-state index contributed by atoms with van der Waals surface area (Å²) >= 11 is 0. The Morgan fingerprint density at radius 3 is 2.41 bits per heavy atom. The molecule has 5 nitrogen and oxygen atoms in total. The van der Waals surface area contributed by atoms with Gasteiger partial charge in [-0.2, -0.15) is 5.10 Å². The first kappa shape index (κ1) is 19.4. The summed E-state index contributed by atoms with van der Waals surface area (Å²) in [6.07, 6.45) is 3.90. The predicted molar refractivity (Wildman–Crippen MR) is 115 cm³/mol. The van der Waals surface area contributed by atoms with Crippen molar-refractivity contribution in [1.82, 2.24) is 20.0 Å². The van der Waals surface area contributed by atoms with Gasteiger partial charge in [-0.3, -0.25) is 9.69 Å². The molecule has 0 bridgehead atoms. The van der Waals surface area contributed by atoms with Gasteiger partial charge in [0.15, 0.2) is 5.69 Å². The fourth-order valence-corrected chi connectivity index (χ4v) is 3.92. The zero-order chi connectivity index (χ0) is 20.1. The Morgan fingerprint density at radius 1 is 0.966 bits per heavy atom. The molecule has 0 radical (unpaired) electrons. The highest BCUT2D eigenvalue weighted by molar-refractivity contribution is 5.92. The van der Waals surface area contributed by atoms with Gasteiger partial charge >= 0.3 is 0 Å². The van der Waals surface area contributed by atoms with Crippen LogP contribution in [0.15, 0.2) is 60.7 Å². The van der Waals surface area contributed by atoms with Crippen molar-refractivity contribution in [3.63, 3.8) is 0 Å². The molecule has 0 atom stereocenters. The molecule has 4 rings (SSSR count). The van der Waals surface area contributed by atoms with Crippen molar-refractivity contribution < 1.29 is 4.79 Å². The van der Waals surface area contributed by atoms with Crippen LogP contribution < -0.4 is 5.32 Å². The van der Waals surface area contributed by atoms with Crippen LogP contribution in [-0.4, -0.2) is 33.7 Å². The molecule has 0 spiro atoms. The normalized spacial score (nSPS) is 14.7. The second-order valence-corrected chi connectivity index (χ2v) is 7.71. The number of hydrogen-bond donors (Lipinski definition) is 1. The van der Waals surface area contributed by atoms with Crippen LogP contribution in [0.5, 0.6) is 0 Å². The molecule has 2 heterocycles. The molecule has 1 aromatic heterocycles. The van der Waals surface area contributed by atoms with Crippen LogP contribution in [0.25, 0.3) is 5.69 Å². The topological polar surface area (TPSA) is 50.2 Å². The van der Waals surface area contributed by atoms with Crippen molar-refractivity contribution in [1.29, 1.82) is 0 Å². The molecule has 3 aromatic rings. The maximum absolute atomic E-state index is 12.7. The molecule has 1 N–H and O–H groups in total. The number of carbonyl (C=O) groups excluding carboxylic acids is 1. The van der Waals surface area contributed by atoms with Crippen LogP contribution in [0, 0.1) is 6.92 Å². The Labute approximate surface area is 172 Å². The van der Waals surface area contributed by atoms with E-state index in [0.717, 1.165) is 31.0 Å². The van der Waals surface area contributed by atoms with Crippen LogP contribution in [-0.2, 0) is 13.1 Å². The summed E-state index contributed by atoms with van der Waals surface area (Å²) < 4.78 is 1.80. The maximum Gasteiger partial charge on any atom is 0.272 e. The van der Waals surface area contributed by atoms with E-state index in [-0.39, 0.29) is 5.91 Å². The first-order valence-electron chi connectivity index (χ1n) is 10.4. The first-order valence-corrected chi connectivity index (χ1v) is 10.4. The average Bonchev–Trinajstić information content (AvgIpc) is 3.16. The van der Waals surface area contributed by atoms with Crippen molar-refractivity contribution in [2.45, 2.75) is 39.3 Å². The molecule has 1 aliphatic rings. The van der Waals surface area contributed by atoms with Gasteiger partial charge in [-0.1, -0.05) is 48.9 Å². The summed E-state index contributed by atoms with van der Waals surface area (Å²) in [7, 11) is 0. The summed E-state index contributed by atoms with van der Waals surface area (Å²) in [5.74, 6) is -0.143. The third-order valence-corrected chi connectivity index (χ3v) is 5.52. The Bertz CT molecular complexity index is 958. The number of carbonyl (C=O) groups is 1. The number of para-hydroxylation sites is 1. The van der Waals surface area contributed by atoms with Gasteiger partial charge in [-0.15, -0.1) is 0 Å². The van der Waals surface area contributed by atoms with Gasteiger partial charge in [-0.05, 0) is 62.2 Å². The van der Waals surface area contributed by atoms with Gasteiger partial charge in [0.25, 0.3) is 5.91 Å². The van der Waals surface area contributed by atoms with Crippen molar-refractivity contribution in [3.05, 3.63) is 83.2 Å².